The van der Waals surface area contributed by atoms with E-state index < -0.39 is 14.9 Å². The highest BCUT2D eigenvalue weighted by atomic mass is 35.5. The van der Waals surface area contributed by atoms with E-state index >= 15 is 0 Å². The molecule has 0 radical (unpaired) electrons. The predicted molar refractivity (Wildman–Crippen MR) is 135 cm³/mol. The summed E-state index contributed by atoms with van der Waals surface area (Å²) in [5.74, 6) is -0.135. The fraction of sp³-hybridized carbons (Fsp3) is 0.227. The molecule has 0 unspecified atom stereocenters. The quantitative estimate of drug-likeness (QED) is 0.228. The van der Waals surface area contributed by atoms with E-state index in [-0.39, 0.29) is 16.9 Å². The van der Waals surface area contributed by atoms with Gasteiger partial charge in [-0.05, 0) is 56.0 Å². The van der Waals surface area contributed by atoms with Gasteiger partial charge in [-0.3, -0.25) is 8.98 Å². The van der Waals surface area contributed by atoms with Crippen molar-refractivity contribution in [1.29, 1.82) is 0 Å². The number of thiophene rings is 1. The minimum Gasteiger partial charge on any atom is -0.412 e. The van der Waals surface area contributed by atoms with Gasteiger partial charge in [0.25, 0.3) is 21.2 Å². The van der Waals surface area contributed by atoms with Crippen LogP contribution in [-0.2, 0) is 19.0 Å². The smallest absolute Gasteiger partial charge is 0.280 e. The van der Waals surface area contributed by atoms with Crippen LogP contribution in [0.3, 0.4) is 0 Å². The van der Waals surface area contributed by atoms with Crippen LogP contribution in [0.5, 0.6) is 11.1 Å². The Balaban J connectivity index is 1.58. The molecule has 0 aliphatic rings. The maximum absolute atomic E-state index is 12.9. The number of nitrogens with one attached hydrogen (secondary N) is 1. The Kier molecular flexibility index (Phi) is 6.67. The number of carbonyl (C=O) groups excluding carboxylic acids is 1. The maximum Gasteiger partial charge on any atom is 0.280 e. The fourth-order valence-corrected chi connectivity index (χ4v) is 5.77. The summed E-state index contributed by atoms with van der Waals surface area (Å²) in [6, 6.07) is 10.1. The van der Waals surface area contributed by atoms with Crippen LogP contribution in [0, 0.1) is 6.92 Å². The van der Waals surface area contributed by atoms with E-state index in [1.165, 1.54) is 28.7 Å². The number of carbonyl (C=O) groups is 1. The lowest BCUT2D eigenvalue weighted by Gasteiger charge is -2.23. The second-order valence-corrected chi connectivity index (χ2v) is 12.4. The Labute approximate surface area is 209 Å². The first kappa shape index (κ1) is 24.6. The van der Waals surface area contributed by atoms with Gasteiger partial charge in [0.15, 0.2) is 0 Å². The molecule has 0 aliphatic carbocycles. The number of halogens is 1. The summed E-state index contributed by atoms with van der Waals surface area (Å²) in [6.07, 6.45) is 0. The summed E-state index contributed by atoms with van der Waals surface area (Å²) in [5, 5.41) is 5.98. The molecule has 12 heteroatoms. The second-order valence-electron chi connectivity index (χ2n) is 7.82. The predicted octanol–water partition coefficient (Wildman–Crippen LogP) is 5.97. The van der Waals surface area contributed by atoms with Crippen molar-refractivity contribution in [2.45, 2.75) is 25.5 Å². The molecule has 0 fully saturated rings. The van der Waals surface area contributed by atoms with Crippen LogP contribution < -0.4 is 10.1 Å². The highest BCUT2D eigenvalue weighted by Gasteiger charge is 2.36. The van der Waals surface area contributed by atoms with E-state index in [4.69, 9.17) is 20.5 Å². The lowest BCUT2D eigenvalue weighted by molar-refractivity contribution is 0.103. The summed E-state index contributed by atoms with van der Waals surface area (Å²) in [7, 11) is -2.67. The van der Waals surface area contributed by atoms with E-state index in [1.807, 2.05) is 12.3 Å². The van der Waals surface area contributed by atoms with Crippen molar-refractivity contribution in [3.05, 3.63) is 63.1 Å². The van der Waals surface area contributed by atoms with Crippen molar-refractivity contribution in [2.75, 3.05) is 12.4 Å². The number of hydrogen-bond acceptors (Lipinski definition) is 9. The van der Waals surface area contributed by atoms with Crippen LogP contribution in [0.15, 0.2) is 41.8 Å². The Morgan fingerprint density at radius 3 is 2.59 bits per heavy atom. The van der Waals surface area contributed by atoms with Crippen molar-refractivity contribution < 1.29 is 22.1 Å². The van der Waals surface area contributed by atoms with Gasteiger partial charge in [0.05, 0.1) is 17.7 Å². The van der Waals surface area contributed by atoms with Gasteiger partial charge in [-0.2, -0.15) is 8.42 Å². The number of fused-ring (bicyclic) bond motifs is 1. The Morgan fingerprint density at radius 2 is 1.91 bits per heavy atom. The van der Waals surface area contributed by atoms with Gasteiger partial charge in [-0.15, -0.1) is 11.3 Å². The van der Waals surface area contributed by atoms with Crippen molar-refractivity contribution >= 4 is 66.1 Å². The average Bonchev–Trinajstić information content (AvgIpc) is 3.38. The summed E-state index contributed by atoms with van der Waals surface area (Å²) in [4.78, 5) is 21.7. The first-order valence-corrected chi connectivity index (χ1v) is 13.4. The normalized spacial score (nSPS) is 12.1. The third-order valence-electron chi connectivity index (χ3n) is 5.10. The zero-order valence-electron chi connectivity index (χ0n) is 18.6. The number of nitrogens with zero attached hydrogens (tertiary/aromatic N) is 2. The Morgan fingerprint density at radius 1 is 1.15 bits per heavy atom. The van der Waals surface area contributed by atoms with E-state index in [0.29, 0.717) is 21.3 Å². The highest BCUT2D eigenvalue weighted by molar-refractivity contribution is 7.87. The lowest BCUT2D eigenvalue weighted by atomic mass is 10.0. The lowest BCUT2D eigenvalue weighted by Crippen LogP contribution is -2.30. The van der Waals surface area contributed by atoms with Crippen molar-refractivity contribution in [3.63, 3.8) is 0 Å². The molecule has 3 aromatic heterocycles. The number of rotatable bonds is 7. The van der Waals surface area contributed by atoms with E-state index in [1.54, 1.807) is 44.2 Å². The van der Waals surface area contributed by atoms with Gasteiger partial charge in [0, 0.05) is 21.8 Å². The topological polar surface area (TPSA) is 107 Å². The molecule has 0 bridgehead atoms. The number of amides is 1. The Hall–Kier alpha value is -2.57. The first-order valence-electron chi connectivity index (χ1n) is 9.91. The molecular formula is C22H20ClN3O5S3. The number of aryl methyl sites for hydroxylation is 1. The van der Waals surface area contributed by atoms with Crippen LogP contribution >= 0.6 is 34.3 Å². The maximum atomic E-state index is 12.9. The number of pyridine rings is 1. The molecule has 0 saturated heterocycles. The van der Waals surface area contributed by atoms with E-state index in [0.717, 1.165) is 22.9 Å². The van der Waals surface area contributed by atoms with E-state index in [9.17, 15) is 13.2 Å². The molecule has 178 valence electrons. The summed E-state index contributed by atoms with van der Waals surface area (Å²) >= 11 is 8.73. The van der Waals surface area contributed by atoms with Crippen molar-refractivity contribution in [3.8, 4) is 11.1 Å². The molecule has 1 aromatic carbocycles. The molecule has 4 aromatic rings. The third kappa shape index (κ3) is 4.93. The number of aromatic nitrogens is 2. The molecule has 0 aliphatic heterocycles. The molecule has 0 saturated carbocycles. The molecule has 34 heavy (non-hydrogen) atoms. The fourth-order valence-electron chi connectivity index (χ4n) is 3.14. The van der Waals surface area contributed by atoms with E-state index in [2.05, 4.69) is 15.3 Å². The molecule has 4 rings (SSSR count). The SMILES string of the molecule is COS(=O)(=O)C(C)(C)c1ccc2sc(C(=O)Nc3cc(Cl)nc(Oc4nc(C)cs4)c3)cc2c1. The van der Waals surface area contributed by atoms with Gasteiger partial charge in [-0.1, -0.05) is 29.0 Å². The number of benzene rings is 1. The van der Waals surface area contributed by atoms with Crippen molar-refractivity contribution in [2.24, 2.45) is 0 Å². The molecule has 3 heterocycles. The van der Waals surface area contributed by atoms with Crippen LogP contribution in [-0.4, -0.2) is 31.4 Å². The highest BCUT2D eigenvalue weighted by Crippen LogP contribution is 2.35. The molecule has 1 amide bonds. The van der Waals surface area contributed by atoms with Gasteiger partial charge < -0.3 is 10.1 Å². The number of hydrogen-bond donors (Lipinski definition) is 1. The van der Waals surface area contributed by atoms with Crippen molar-refractivity contribution in [1.82, 2.24) is 9.97 Å². The average molecular weight is 538 g/mol. The summed E-state index contributed by atoms with van der Waals surface area (Å²) in [5.41, 5.74) is 1.80. The van der Waals surface area contributed by atoms with Crippen LogP contribution in [0.2, 0.25) is 5.15 Å². The Bertz CT molecular complexity index is 1490. The largest absolute Gasteiger partial charge is 0.412 e. The molecule has 0 atom stereocenters. The van der Waals surface area contributed by atoms with Crippen LogP contribution in [0.25, 0.3) is 10.1 Å². The molecule has 0 spiro atoms. The summed E-state index contributed by atoms with van der Waals surface area (Å²) in [6.45, 7) is 5.01. The van der Waals surface area contributed by atoms with Gasteiger partial charge in [-0.25, -0.2) is 9.97 Å². The first-order chi connectivity index (χ1) is 16.0. The van der Waals surface area contributed by atoms with Gasteiger partial charge in [0.2, 0.25) is 5.88 Å². The number of thiazole rings is 1. The summed E-state index contributed by atoms with van der Waals surface area (Å²) < 4.78 is 34.6. The zero-order chi connectivity index (χ0) is 24.7. The molecule has 1 N–H and O–H groups in total. The van der Waals surface area contributed by atoms with Gasteiger partial charge in [0.1, 0.15) is 9.90 Å². The zero-order valence-corrected chi connectivity index (χ0v) is 21.8. The van der Waals surface area contributed by atoms with Crippen LogP contribution in [0.4, 0.5) is 5.69 Å². The van der Waals surface area contributed by atoms with Crippen LogP contribution in [0.1, 0.15) is 34.8 Å². The monoisotopic (exact) mass is 537 g/mol. The molecule has 8 nitrogen and oxygen atoms in total. The number of anilines is 1. The minimum absolute atomic E-state index is 0.156. The minimum atomic E-state index is -3.81. The standard InChI is InChI=1S/C22H20ClN3O5S3/c1-12-11-32-21(24-12)31-19-10-15(9-18(23)26-19)25-20(27)17-8-13-7-14(5-6-16(13)33-17)22(2,3)34(28,29)30-4/h5-11H,1-4H3,(H,25,26,27). The number of ether oxygens (including phenoxy) is 1. The molecular weight excluding hydrogens is 518 g/mol. The third-order valence-corrected chi connectivity index (χ3v) is 9.17. The second kappa shape index (κ2) is 9.23. The van der Waals surface area contributed by atoms with Gasteiger partial charge >= 0.3 is 0 Å².